The molecule has 154 valence electrons. The van der Waals surface area contributed by atoms with Crippen LogP contribution < -0.4 is 21.0 Å². The summed E-state index contributed by atoms with van der Waals surface area (Å²) in [6, 6.07) is 8.73. The van der Waals surface area contributed by atoms with E-state index in [9.17, 15) is 0 Å². The van der Waals surface area contributed by atoms with Gasteiger partial charge in [0.05, 0.1) is 6.20 Å². The standard InChI is InChI=1S/C22H31N7/c1-22(15-23)9-12-28(13-10-22)18-14-24-19-20(25-18)26-27(2)21(19)29-11-5-7-16-6-3-4-8-17(16)29/h3-4,6,8,14,21H,5,7,9-13,15,23H2,1-2H3,(H,25,26). The predicted molar refractivity (Wildman–Crippen MR) is 117 cm³/mol. The van der Waals surface area contributed by atoms with Crippen molar-refractivity contribution in [3.8, 4) is 0 Å². The zero-order chi connectivity index (χ0) is 20.0. The summed E-state index contributed by atoms with van der Waals surface area (Å²) in [5.74, 6) is 1.84. The summed E-state index contributed by atoms with van der Waals surface area (Å²) in [7, 11) is 2.08. The molecule has 1 aromatic heterocycles. The van der Waals surface area contributed by atoms with Gasteiger partial charge < -0.3 is 15.5 Å². The van der Waals surface area contributed by atoms with Crippen LogP contribution in [0, 0.1) is 5.41 Å². The Bertz CT molecular complexity index is 890. The maximum Gasteiger partial charge on any atom is 0.168 e. The van der Waals surface area contributed by atoms with Crippen LogP contribution in [-0.4, -0.2) is 48.2 Å². The molecule has 0 saturated carbocycles. The molecular formula is C22H31N7. The van der Waals surface area contributed by atoms with E-state index in [-0.39, 0.29) is 11.6 Å². The number of rotatable bonds is 3. The molecule has 4 heterocycles. The third kappa shape index (κ3) is 3.22. The molecule has 1 atom stereocenters. The lowest BCUT2D eigenvalue weighted by Gasteiger charge is -2.39. The fraction of sp³-hybridized carbons (Fsp3) is 0.545. The highest BCUT2D eigenvalue weighted by Gasteiger charge is 2.37. The van der Waals surface area contributed by atoms with Crippen molar-refractivity contribution in [1.29, 1.82) is 0 Å². The molecule has 1 aromatic carbocycles. The molecule has 3 aliphatic rings. The lowest BCUT2D eigenvalue weighted by atomic mass is 9.80. The number of hydrazine groups is 1. The quantitative estimate of drug-likeness (QED) is 0.831. The molecule has 0 radical (unpaired) electrons. The van der Waals surface area contributed by atoms with Gasteiger partial charge >= 0.3 is 0 Å². The van der Waals surface area contributed by atoms with E-state index in [1.807, 2.05) is 6.20 Å². The first kappa shape index (κ1) is 18.6. The minimum atomic E-state index is 0.0647. The van der Waals surface area contributed by atoms with Crippen LogP contribution in [0.3, 0.4) is 0 Å². The molecule has 0 spiro atoms. The smallest absolute Gasteiger partial charge is 0.168 e. The van der Waals surface area contributed by atoms with Crippen molar-refractivity contribution < 1.29 is 0 Å². The molecule has 29 heavy (non-hydrogen) atoms. The number of aryl methyl sites for hydroxylation is 1. The summed E-state index contributed by atoms with van der Waals surface area (Å²) in [4.78, 5) is 14.7. The number of aromatic nitrogens is 2. The number of anilines is 3. The first-order valence-corrected chi connectivity index (χ1v) is 10.7. The van der Waals surface area contributed by atoms with E-state index in [0.29, 0.717) is 0 Å². The van der Waals surface area contributed by atoms with E-state index in [1.54, 1.807) is 0 Å². The number of piperidine rings is 1. The summed E-state index contributed by atoms with van der Waals surface area (Å²) >= 11 is 0. The van der Waals surface area contributed by atoms with Crippen LogP contribution in [0.2, 0.25) is 0 Å². The van der Waals surface area contributed by atoms with Crippen molar-refractivity contribution in [2.45, 2.75) is 38.8 Å². The molecule has 1 unspecified atom stereocenters. The first-order valence-electron chi connectivity index (χ1n) is 10.7. The van der Waals surface area contributed by atoms with Gasteiger partial charge in [0.2, 0.25) is 0 Å². The summed E-state index contributed by atoms with van der Waals surface area (Å²) in [5, 5.41) is 2.14. The number of nitrogens with two attached hydrogens (primary N) is 1. The largest absolute Gasteiger partial charge is 0.355 e. The van der Waals surface area contributed by atoms with E-state index in [0.717, 1.165) is 69.2 Å². The van der Waals surface area contributed by atoms with Gasteiger partial charge in [0.1, 0.15) is 17.7 Å². The van der Waals surface area contributed by atoms with Crippen LogP contribution in [0.5, 0.6) is 0 Å². The second-order valence-corrected chi connectivity index (χ2v) is 8.99. The van der Waals surface area contributed by atoms with E-state index in [1.165, 1.54) is 11.3 Å². The van der Waals surface area contributed by atoms with Crippen LogP contribution >= 0.6 is 0 Å². The van der Waals surface area contributed by atoms with Gasteiger partial charge in [-0.2, -0.15) is 5.01 Å². The highest BCUT2D eigenvalue weighted by molar-refractivity contribution is 5.61. The fourth-order valence-corrected chi connectivity index (χ4v) is 4.88. The lowest BCUT2D eigenvalue weighted by molar-refractivity contribution is 0.258. The van der Waals surface area contributed by atoms with Gasteiger partial charge in [0.15, 0.2) is 5.82 Å². The van der Waals surface area contributed by atoms with Gasteiger partial charge in [-0.3, -0.25) is 5.43 Å². The third-order valence-corrected chi connectivity index (χ3v) is 6.91. The fourth-order valence-electron chi connectivity index (χ4n) is 4.88. The van der Waals surface area contributed by atoms with E-state index in [4.69, 9.17) is 15.7 Å². The number of hydrogen-bond acceptors (Lipinski definition) is 7. The second kappa shape index (κ2) is 7.15. The lowest BCUT2D eigenvalue weighted by Crippen LogP contribution is -2.42. The Morgan fingerprint density at radius 3 is 2.79 bits per heavy atom. The normalized spacial score (nSPS) is 23.5. The average molecular weight is 394 g/mol. The zero-order valence-corrected chi connectivity index (χ0v) is 17.4. The molecule has 7 heteroatoms. The Hall–Kier alpha value is -2.38. The molecule has 1 saturated heterocycles. The SMILES string of the molecule is CN1Nc2nc(N3CCC(C)(CN)CC3)cnc2C1N1CCCc2ccccc21. The molecule has 3 N–H and O–H groups in total. The summed E-state index contributed by atoms with van der Waals surface area (Å²) in [6.07, 6.45) is 6.52. The number of hydrogen-bond donors (Lipinski definition) is 2. The van der Waals surface area contributed by atoms with Crippen molar-refractivity contribution in [3.05, 3.63) is 41.7 Å². The van der Waals surface area contributed by atoms with Gasteiger partial charge in [-0.05, 0) is 49.3 Å². The number of fused-ring (bicyclic) bond motifs is 2. The zero-order valence-electron chi connectivity index (χ0n) is 17.4. The van der Waals surface area contributed by atoms with Crippen LogP contribution in [0.25, 0.3) is 0 Å². The molecule has 2 aromatic rings. The van der Waals surface area contributed by atoms with Crippen LogP contribution in [0.15, 0.2) is 30.5 Å². The molecule has 5 rings (SSSR count). The molecule has 3 aliphatic heterocycles. The summed E-state index contributed by atoms with van der Waals surface area (Å²) < 4.78 is 0. The Morgan fingerprint density at radius 2 is 2.00 bits per heavy atom. The molecule has 0 amide bonds. The highest BCUT2D eigenvalue weighted by Crippen LogP contribution is 2.41. The van der Waals surface area contributed by atoms with Crippen LogP contribution in [0.1, 0.15) is 43.6 Å². The molecule has 0 aliphatic carbocycles. The molecule has 1 fully saturated rings. The highest BCUT2D eigenvalue weighted by atomic mass is 15.6. The maximum absolute atomic E-state index is 5.96. The van der Waals surface area contributed by atoms with Crippen molar-refractivity contribution in [2.75, 3.05) is 48.5 Å². The molecule has 0 bridgehead atoms. The number of nitrogens with zero attached hydrogens (tertiary/aromatic N) is 5. The van der Waals surface area contributed by atoms with Crippen molar-refractivity contribution in [3.63, 3.8) is 0 Å². The minimum Gasteiger partial charge on any atom is -0.355 e. The third-order valence-electron chi connectivity index (χ3n) is 6.91. The Morgan fingerprint density at radius 1 is 1.21 bits per heavy atom. The van der Waals surface area contributed by atoms with Crippen LogP contribution in [0.4, 0.5) is 17.3 Å². The second-order valence-electron chi connectivity index (χ2n) is 8.99. The monoisotopic (exact) mass is 393 g/mol. The topological polar surface area (TPSA) is 73.5 Å². The van der Waals surface area contributed by atoms with Gasteiger partial charge in [-0.1, -0.05) is 25.1 Å². The summed E-state index contributed by atoms with van der Waals surface area (Å²) in [5.41, 5.74) is 13.4. The van der Waals surface area contributed by atoms with Crippen molar-refractivity contribution in [1.82, 2.24) is 15.0 Å². The van der Waals surface area contributed by atoms with E-state index < -0.39 is 0 Å². The Labute approximate surface area is 172 Å². The summed E-state index contributed by atoms with van der Waals surface area (Å²) in [6.45, 7) is 6.04. The molecular weight excluding hydrogens is 362 g/mol. The number of nitrogens with one attached hydrogen (secondary N) is 1. The van der Waals surface area contributed by atoms with Crippen molar-refractivity contribution >= 4 is 17.3 Å². The van der Waals surface area contributed by atoms with Gasteiger partial charge in [-0.15, -0.1) is 0 Å². The first-order chi connectivity index (χ1) is 14.1. The van der Waals surface area contributed by atoms with E-state index >= 15 is 0 Å². The maximum atomic E-state index is 5.96. The van der Waals surface area contributed by atoms with Gasteiger partial charge in [0.25, 0.3) is 0 Å². The number of benzene rings is 1. The van der Waals surface area contributed by atoms with Crippen molar-refractivity contribution in [2.24, 2.45) is 11.1 Å². The van der Waals surface area contributed by atoms with E-state index in [2.05, 4.69) is 58.5 Å². The number of para-hydroxylation sites is 1. The Kier molecular flexibility index (Phi) is 4.59. The average Bonchev–Trinajstić information content (AvgIpc) is 3.08. The minimum absolute atomic E-state index is 0.0647. The Balaban J connectivity index is 1.41. The van der Waals surface area contributed by atoms with Crippen LogP contribution in [-0.2, 0) is 6.42 Å². The predicted octanol–water partition coefficient (Wildman–Crippen LogP) is 2.77. The van der Waals surface area contributed by atoms with Gasteiger partial charge in [0, 0.05) is 32.4 Å². The molecule has 7 nitrogen and oxygen atoms in total. The van der Waals surface area contributed by atoms with Gasteiger partial charge in [-0.25, -0.2) is 9.97 Å².